The van der Waals surface area contributed by atoms with Crippen molar-refractivity contribution in [3.63, 3.8) is 0 Å². The first kappa shape index (κ1) is 16.1. The van der Waals surface area contributed by atoms with Gasteiger partial charge >= 0.3 is 6.03 Å². The maximum atomic E-state index is 12.5. The number of fused-ring (bicyclic) bond motifs is 1. The lowest BCUT2D eigenvalue weighted by molar-refractivity contribution is 0.193. The van der Waals surface area contributed by atoms with Crippen LogP contribution in [0, 0.1) is 18.3 Å². The minimum atomic E-state index is -0.193. The summed E-state index contributed by atoms with van der Waals surface area (Å²) < 4.78 is 1.24. The molecule has 0 radical (unpaired) electrons. The van der Waals surface area contributed by atoms with Crippen LogP contribution in [-0.4, -0.2) is 51.9 Å². The van der Waals surface area contributed by atoms with Crippen LogP contribution in [0.3, 0.4) is 0 Å². The van der Waals surface area contributed by atoms with E-state index in [9.17, 15) is 4.79 Å². The van der Waals surface area contributed by atoms with Gasteiger partial charge in [-0.3, -0.25) is 4.98 Å². The third-order valence-electron chi connectivity index (χ3n) is 4.62. The molecule has 2 aromatic heterocycles. The molecule has 0 aliphatic carbocycles. The number of piperazine rings is 1. The van der Waals surface area contributed by atoms with Gasteiger partial charge < -0.3 is 9.80 Å². The van der Waals surface area contributed by atoms with Crippen molar-refractivity contribution in [3.05, 3.63) is 54.0 Å². The summed E-state index contributed by atoms with van der Waals surface area (Å²) >= 11 is 0. The summed E-state index contributed by atoms with van der Waals surface area (Å²) in [4.78, 5) is 21.2. The molecule has 1 aliphatic rings. The maximum Gasteiger partial charge on any atom is 0.344 e. The first-order valence-corrected chi connectivity index (χ1v) is 8.51. The number of carbonyl (C=O) groups excluding carboxylic acids is 1. The molecule has 26 heavy (non-hydrogen) atoms. The number of hydrogen-bond acceptors (Lipinski definition) is 5. The summed E-state index contributed by atoms with van der Waals surface area (Å²) in [7, 11) is 0. The highest BCUT2D eigenvalue weighted by Crippen LogP contribution is 2.27. The zero-order chi connectivity index (χ0) is 18.1. The number of nitriles is 1. The van der Waals surface area contributed by atoms with Crippen molar-refractivity contribution in [2.75, 3.05) is 31.1 Å². The number of benzene rings is 1. The number of rotatable bonds is 1. The Morgan fingerprint density at radius 3 is 2.69 bits per heavy atom. The molecule has 1 saturated heterocycles. The predicted molar refractivity (Wildman–Crippen MR) is 98.0 cm³/mol. The number of aromatic nitrogens is 3. The largest absolute Gasteiger partial charge is 0.367 e. The van der Waals surface area contributed by atoms with Crippen LogP contribution in [0.5, 0.6) is 0 Å². The van der Waals surface area contributed by atoms with Gasteiger partial charge in [-0.25, -0.2) is 4.79 Å². The van der Waals surface area contributed by atoms with Crippen LogP contribution in [0.4, 0.5) is 10.5 Å². The van der Waals surface area contributed by atoms with Crippen LogP contribution < -0.4 is 4.90 Å². The number of anilines is 1. The van der Waals surface area contributed by atoms with E-state index in [0.29, 0.717) is 18.7 Å². The summed E-state index contributed by atoms with van der Waals surface area (Å²) in [5, 5.41) is 14.0. The molecule has 0 unspecified atom stereocenters. The molecule has 4 rings (SSSR count). The lowest BCUT2D eigenvalue weighted by Crippen LogP contribution is -2.50. The predicted octanol–water partition coefficient (Wildman–Crippen LogP) is 2.40. The standard InChI is InChI=1S/C19H18N6O/c1-14-10-18(16-4-2-3-5-17(16)22-14)23-6-8-24(9-7-23)19(26)25-13-15(11-20)12-21-25/h2-5,10,12-13H,6-9H2,1H3. The Morgan fingerprint density at radius 2 is 1.96 bits per heavy atom. The number of carbonyl (C=O) groups is 1. The van der Waals surface area contributed by atoms with Crippen LogP contribution >= 0.6 is 0 Å². The fourth-order valence-electron chi connectivity index (χ4n) is 3.32. The zero-order valence-electron chi connectivity index (χ0n) is 14.5. The Morgan fingerprint density at radius 1 is 1.19 bits per heavy atom. The summed E-state index contributed by atoms with van der Waals surface area (Å²) in [5.41, 5.74) is 3.51. The maximum absolute atomic E-state index is 12.5. The Labute approximate surface area is 151 Å². The zero-order valence-corrected chi connectivity index (χ0v) is 14.5. The van der Waals surface area contributed by atoms with Gasteiger partial charge in [0.25, 0.3) is 0 Å². The molecule has 0 spiro atoms. The summed E-state index contributed by atoms with van der Waals surface area (Å²) in [6.07, 6.45) is 2.87. The summed E-state index contributed by atoms with van der Waals surface area (Å²) in [5.74, 6) is 0. The second kappa shape index (κ2) is 6.48. The molecule has 3 heterocycles. The summed E-state index contributed by atoms with van der Waals surface area (Å²) in [6.45, 7) is 4.70. The van der Waals surface area contributed by atoms with Crippen molar-refractivity contribution in [1.82, 2.24) is 19.7 Å². The Hall–Kier alpha value is -3.40. The topological polar surface area (TPSA) is 78.0 Å². The minimum absolute atomic E-state index is 0.193. The summed E-state index contributed by atoms with van der Waals surface area (Å²) in [6, 6.07) is 12.0. The van der Waals surface area contributed by atoms with Crippen molar-refractivity contribution in [1.29, 1.82) is 5.26 Å². The van der Waals surface area contributed by atoms with Gasteiger partial charge in [-0.05, 0) is 19.1 Å². The Bertz CT molecular complexity index is 1010. The molecular weight excluding hydrogens is 328 g/mol. The second-order valence-electron chi connectivity index (χ2n) is 6.34. The van der Waals surface area contributed by atoms with Crippen LogP contribution in [0.15, 0.2) is 42.7 Å². The van der Waals surface area contributed by atoms with E-state index in [0.717, 1.165) is 35.4 Å². The molecule has 0 N–H and O–H groups in total. The van der Waals surface area contributed by atoms with Crippen LogP contribution in [0.2, 0.25) is 0 Å². The van der Waals surface area contributed by atoms with Gasteiger partial charge in [0.05, 0.1) is 23.5 Å². The highest BCUT2D eigenvalue weighted by atomic mass is 16.2. The first-order valence-electron chi connectivity index (χ1n) is 8.51. The van der Waals surface area contributed by atoms with E-state index < -0.39 is 0 Å². The van der Waals surface area contributed by atoms with E-state index >= 15 is 0 Å². The lowest BCUT2D eigenvalue weighted by Gasteiger charge is -2.36. The van der Waals surface area contributed by atoms with Crippen molar-refractivity contribution >= 4 is 22.6 Å². The molecule has 1 fully saturated rings. The van der Waals surface area contributed by atoms with E-state index in [1.165, 1.54) is 17.1 Å². The molecule has 0 bridgehead atoms. The van der Waals surface area contributed by atoms with Crippen LogP contribution in [-0.2, 0) is 0 Å². The number of aryl methyl sites for hydroxylation is 1. The van der Waals surface area contributed by atoms with Crippen LogP contribution in [0.25, 0.3) is 10.9 Å². The fraction of sp³-hybridized carbons (Fsp3) is 0.263. The molecule has 7 nitrogen and oxygen atoms in total. The number of para-hydroxylation sites is 1. The lowest BCUT2D eigenvalue weighted by atomic mass is 10.1. The number of nitrogens with zero attached hydrogens (tertiary/aromatic N) is 6. The normalized spacial score (nSPS) is 14.5. The Balaban J connectivity index is 1.52. The SMILES string of the molecule is Cc1cc(N2CCN(C(=O)n3cc(C#N)cn3)CC2)c2ccccc2n1. The van der Waals surface area contributed by atoms with Gasteiger partial charge in [0, 0.05) is 42.9 Å². The number of hydrogen-bond donors (Lipinski definition) is 0. The third-order valence-corrected chi connectivity index (χ3v) is 4.62. The molecule has 1 amide bonds. The van der Waals surface area contributed by atoms with Gasteiger partial charge in [-0.15, -0.1) is 0 Å². The van der Waals surface area contributed by atoms with Gasteiger partial charge in [-0.1, -0.05) is 18.2 Å². The molecule has 1 aromatic carbocycles. The van der Waals surface area contributed by atoms with E-state index in [1.54, 1.807) is 4.90 Å². The molecule has 7 heteroatoms. The third kappa shape index (κ3) is 2.86. The number of amides is 1. The first-order chi connectivity index (χ1) is 12.7. The van der Waals surface area contributed by atoms with Crippen molar-refractivity contribution in [2.45, 2.75) is 6.92 Å². The molecule has 0 atom stereocenters. The minimum Gasteiger partial charge on any atom is -0.367 e. The molecule has 0 saturated carbocycles. The van der Waals surface area contributed by atoms with Crippen molar-refractivity contribution < 1.29 is 4.79 Å². The van der Waals surface area contributed by atoms with Crippen molar-refractivity contribution in [3.8, 4) is 6.07 Å². The van der Waals surface area contributed by atoms with Crippen molar-refractivity contribution in [2.24, 2.45) is 0 Å². The average Bonchev–Trinajstić information content (AvgIpc) is 3.16. The van der Waals surface area contributed by atoms with Gasteiger partial charge in [0.1, 0.15) is 6.07 Å². The van der Waals surface area contributed by atoms with E-state index in [1.807, 2.05) is 31.2 Å². The average molecular weight is 346 g/mol. The van der Waals surface area contributed by atoms with E-state index in [4.69, 9.17) is 5.26 Å². The second-order valence-corrected chi connectivity index (χ2v) is 6.34. The van der Waals surface area contributed by atoms with Crippen LogP contribution in [0.1, 0.15) is 11.3 Å². The smallest absolute Gasteiger partial charge is 0.344 e. The van der Waals surface area contributed by atoms with Gasteiger partial charge in [-0.2, -0.15) is 15.0 Å². The van der Waals surface area contributed by atoms with E-state index in [-0.39, 0.29) is 6.03 Å². The monoisotopic (exact) mass is 346 g/mol. The number of pyridine rings is 1. The quantitative estimate of drug-likeness (QED) is 0.676. The molecular formula is C19H18N6O. The highest BCUT2D eigenvalue weighted by Gasteiger charge is 2.24. The van der Waals surface area contributed by atoms with Gasteiger partial charge in [0.15, 0.2) is 0 Å². The molecule has 3 aromatic rings. The molecule has 1 aliphatic heterocycles. The van der Waals surface area contributed by atoms with E-state index in [2.05, 4.69) is 27.1 Å². The highest BCUT2D eigenvalue weighted by molar-refractivity contribution is 5.92. The molecule has 130 valence electrons. The Kier molecular flexibility index (Phi) is 4.01. The van der Waals surface area contributed by atoms with Gasteiger partial charge in [0.2, 0.25) is 0 Å². The fourth-order valence-corrected chi connectivity index (χ4v) is 3.32.